The summed E-state index contributed by atoms with van der Waals surface area (Å²) < 4.78 is 0. The molecule has 0 saturated carbocycles. The molecule has 0 atom stereocenters. The van der Waals surface area contributed by atoms with E-state index in [2.05, 4.69) is 6.92 Å². The Hall–Kier alpha value is -0.330. The van der Waals surface area contributed by atoms with Crippen LogP contribution in [0.4, 0.5) is 0 Å². The van der Waals surface area contributed by atoms with Gasteiger partial charge in [-0.1, -0.05) is 33.6 Å². The third-order valence-electron chi connectivity index (χ3n) is 1.18. The molecule has 0 aliphatic rings. The fourth-order valence-electron chi connectivity index (χ4n) is 0.654. The van der Waals surface area contributed by atoms with Crippen molar-refractivity contribution in [1.29, 1.82) is 0 Å². The smallest absolute Gasteiger partial charge is 0.119 e. The van der Waals surface area contributed by atoms with Crippen molar-refractivity contribution in [3.63, 3.8) is 0 Å². The summed E-state index contributed by atoms with van der Waals surface area (Å²) in [6, 6.07) is 0. The summed E-state index contributed by atoms with van der Waals surface area (Å²) in [5, 5.41) is 0. The van der Waals surface area contributed by atoms with Crippen LogP contribution in [0.15, 0.2) is 0 Å². The zero-order chi connectivity index (χ0) is 6.24. The van der Waals surface area contributed by atoms with Crippen molar-refractivity contribution in [3.8, 4) is 0 Å². The molecule has 0 N–H and O–H groups in total. The maximum atomic E-state index is 9.77. The maximum Gasteiger partial charge on any atom is 0.119 e. The van der Waals surface area contributed by atoms with Crippen molar-refractivity contribution in [2.45, 2.75) is 46.5 Å². The van der Waals surface area contributed by atoms with Crippen molar-refractivity contribution in [3.05, 3.63) is 0 Å². The van der Waals surface area contributed by atoms with Gasteiger partial charge in [-0.05, 0) is 6.42 Å². The van der Waals surface area contributed by atoms with E-state index in [-0.39, 0.29) is 7.43 Å². The minimum absolute atomic E-state index is 0. The van der Waals surface area contributed by atoms with Crippen LogP contribution in [0.25, 0.3) is 0 Å². The van der Waals surface area contributed by atoms with Crippen LogP contribution in [-0.2, 0) is 4.79 Å². The van der Waals surface area contributed by atoms with Gasteiger partial charge < -0.3 is 4.79 Å². The molecule has 0 aromatic carbocycles. The zero-order valence-corrected chi connectivity index (χ0v) is 5.52. The molecule has 0 unspecified atom stereocenters. The SMILES string of the molecule is C.CCCCCCC=O. The van der Waals surface area contributed by atoms with Crippen molar-refractivity contribution >= 4 is 6.29 Å². The third-order valence-corrected chi connectivity index (χ3v) is 1.18. The summed E-state index contributed by atoms with van der Waals surface area (Å²) in [6.07, 6.45) is 6.56. The van der Waals surface area contributed by atoms with Crippen LogP contribution >= 0.6 is 0 Å². The number of unbranched alkanes of at least 4 members (excludes halogenated alkanes) is 4. The molecule has 0 aromatic heterocycles. The second-order valence-electron chi connectivity index (χ2n) is 2.02. The van der Waals surface area contributed by atoms with E-state index in [0.29, 0.717) is 0 Å². The molecule has 0 amide bonds. The van der Waals surface area contributed by atoms with Gasteiger partial charge in [0.05, 0.1) is 0 Å². The maximum absolute atomic E-state index is 9.77. The fraction of sp³-hybridized carbons (Fsp3) is 0.875. The minimum atomic E-state index is 0. The summed E-state index contributed by atoms with van der Waals surface area (Å²) in [7, 11) is 0. The number of carbonyl (C=O) groups is 1. The standard InChI is InChI=1S/C7H14O.CH4/c1-2-3-4-5-6-7-8;/h7H,2-6H2,1H3;1H4. The van der Waals surface area contributed by atoms with E-state index in [0.717, 1.165) is 19.1 Å². The predicted molar refractivity (Wildman–Crippen MR) is 41.6 cm³/mol. The lowest BCUT2D eigenvalue weighted by Crippen LogP contribution is -1.76. The van der Waals surface area contributed by atoms with Crippen LogP contribution in [-0.4, -0.2) is 6.29 Å². The Balaban J connectivity index is 0. The van der Waals surface area contributed by atoms with Gasteiger partial charge in [0.2, 0.25) is 0 Å². The number of aldehydes is 1. The highest BCUT2D eigenvalue weighted by molar-refractivity contribution is 5.48. The third kappa shape index (κ3) is 11.3. The lowest BCUT2D eigenvalue weighted by molar-refractivity contribution is -0.107. The van der Waals surface area contributed by atoms with E-state index in [9.17, 15) is 4.79 Å². The van der Waals surface area contributed by atoms with Crippen LogP contribution in [0, 0.1) is 0 Å². The molecule has 0 rings (SSSR count). The van der Waals surface area contributed by atoms with Crippen molar-refractivity contribution in [2.75, 3.05) is 0 Å². The summed E-state index contributed by atoms with van der Waals surface area (Å²) in [4.78, 5) is 9.77. The Labute approximate surface area is 58.5 Å². The van der Waals surface area contributed by atoms with Crippen molar-refractivity contribution in [2.24, 2.45) is 0 Å². The molecule has 0 bridgehead atoms. The molecule has 1 nitrogen and oxygen atoms in total. The Morgan fingerprint density at radius 3 is 2.33 bits per heavy atom. The number of carbonyl (C=O) groups excluding carboxylic acids is 1. The molecule has 0 aromatic rings. The summed E-state index contributed by atoms with van der Waals surface area (Å²) in [5.41, 5.74) is 0. The summed E-state index contributed by atoms with van der Waals surface area (Å²) in [6.45, 7) is 2.17. The average Bonchev–Trinajstić information content (AvgIpc) is 1.81. The van der Waals surface area contributed by atoms with E-state index >= 15 is 0 Å². The van der Waals surface area contributed by atoms with Crippen LogP contribution in [0.3, 0.4) is 0 Å². The van der Waals surface area contributed by atoms with Gasteiger partial charge in [-0.3, -0.25) is 0 Å². The van der Waals surface area contributed by atoms with Gasteiger partial charge in [0, 0.05) is 6.42 Å². The van der Waals surface area contributed by atoms with Gasteiger partial charge in [0.15, 0.2) is 0 Å². The van der Waals surface area contributed by atoms with Crippen molar-refractivity contribution in [1.82, 2.24) is 0 Å². The molecule has 0 fully saturated rings. The van der Waals surface area contributed by atoms with E-state index in [1.54, 1.807) is 0 Å². The fourth-order valence-corrected chi connectivity index (χ4v) is 0.654. The molecule has 0 spiro atoms. The Morgan fingerprint density at radius 1 is 1.22 bits per heavy atom. The van der Waals surface area contributed by atoms with E-state index in [1.807, 2.05) is 0 Å². The van der Waals surface area contributed by atoms with Gasteiger partial charge in [-0.2, -0.15) is 0 Å². The number of hydrogen-bond acceptors (Lipinski definition) is 1. The van der Waals surface area contributed by atoms with Gasteiger partial charge in [0.25, 0.3) is 0 Å². The van der Waals surface area contributed by atoms with Crippen LogP contribution in [0.1, 0.15) is 46.5 Å². The first-order valence-corrected chi connectivity index (χ1v) is 3.35. The topological polar surface area (TPSA) is 17.1 Å². The van der Waals surface area contributed by atoms with E-state index < -0.39 is 0 Å². The lowest BCUT2D eigenvalue weighted by Gasteiger charge is -1.90. The second-order valence-corrected chi connectivity index (χ2v) is 2.02. The van der Waals surface area contributed by atoms with Crippen LogP contribution in [0.5, 0.6) is 0 Å². The number of hydrogen-bond donors (Lipinski definition) is 0. The van der Waals surface area contributed by atoms with Crippen molar-refractivity contribution < 1.29 is 4.79 Å². The molecule has 0 saturated heterocycles. The van der Waals surface area contributed by atoms with Crippen LogP contribution in [0.2, 0.25) is 0 Å². The Morgan fingerprint density at radius 2 is 1.89 bits per heavy atom. The summed E-state index contributed by atoms with van der Waals surface area (Å²) in [5.74, 6) is 0. The second kappa shape index (κ2) is 10.6. The first kappa shape index (κ1) is 11.5. The lowest BCUT2D eigenvalue weighted by atomic mass is 10.2. The predicted octanol–water partition coefficient (Wildman–Crippen LogP) is 2.79. The van der Waals surface area contributed by atoms with Gasteiger partial charge in [0.1, 0.15) is 6.29 Å². The Kier molecular flexibility index (Phi) is 13.5. The highest BCUT2D eigenvalue weighted by Gasteiger charge is 1.83. The number of rotatable bonds is 5. The monoisotopic (exact) mass is 130 g/mol. The molecular formula is C8H18O. The highest BCUT2D eigenvalue weighted by Crippen LogP contribution is 1.99. The van der Waals surface area contributed by atoms with Gasteiger partial charge in [-0.25, -0.2) is 0 Å². The van der Waals surface area contributed by atoms with E-state index in [4.69, 9.17) is 0 Å². The minimum Gasteiger partial charge on any atom is -0.303 e. The molecule has 0 aliphatic heterocycles. The largest absolute Gasteiger partial charge is 0.303 e. The molecule has 0 heterocycles. The molecule has 56 valence electrons. The molecular weight excluding hydrogens is 112 g/mol. The molecule has 0 aliphatic carbocycles. The quantitative estimate of drug-likeness (QED) is 0.413. The molecule has 0 radical (unpaired) electrons. The highest BCUT2D eigenvalue weighted by atomic mass is 16.1. The van der Waals surface area contributed by atoms with Crippen LogP contribution < -0.4 is 0 Å². The first-order chi connectivity index (χ1) is 3.91. The van der Waals surface area contributed by atoms with E-state index in [1.165, 1.54) is 19.3 Å². The zero-order valence-electron chi connectivity index (χ0n) is 5.52. The first-order valence-electron chi connectivity index (χ1n) is 3.35. The average molecular weight is 130 g/mol. The normalized spacial score (nSPS) is 8.11. The van der Waals surface area contributed by atoms with Gasteiger partial charge in [-0.15, -0.1) is 0 Å². The molecule has 1 heteroatoms. The summed E-state index contributed by atoms with van der Waals surface area (Å²) >= 11 is 0. The molecule has 9 heavy (non-hydrogen) atoms. The van der Waals surface area contributed by atoms with Gasteiger partial charge >= 0.3 is 0 Å². The Bertz CT molecular complexity index is 50.5.